The van der Waals surface area contributed by atoms with Gasteiger partial charge in [0.1, 0.15) is 5.82 Å². The monoisotopic (exact) mass is 292 g/mol. The molecule has 1 amide bonds. The molecule has 0 bridgehead atoms. The number of aryl methyl sites for hydroxylation is 2. The minimum Gasteiger partial charge on any atom is -0.311 e. The summed E-state index contributed by atoms with van der Waals surface area (Å²) in [4.78, 5) is 14.5. The lowest BCUT2D eigenvalue weighted by atomic mass is 9.98. The zero-order valence-corrected chi connectivity index (χ0v) is 13.6. The number of piperidine rings is 1. The zero-order valence-electron chi connectivity index (χ0n) is 13.6. The molecule has 1 atom stereocenters. The standard InChI is InChI=1S/C16H28N4O/c1-4-10-20-15(12-13(2)18-20)17-16(21)9-8-14-7-5-6-11-19(14)3/h12,14H,4-11H2,1-3H3,(H,17,21). The molecule has 5 heteroatoms. The van der Waals surface area contributed by atoms with Gasteiger partial charge in [-0.2, -0.15) is 5.10 Å². The first-order valence-electron chi connectivity index (χ1n) is 8.14. The van der Waals surface area contributed by atoms with Crippen LogP contribution in [-0.2, 0) is 11.3 Å². The van der Waals surface area contributed by atoms with Crippen molar-refractivity contribution in [1.29, 1.82) is 0 Å². The molecule has 1 saturated heterocycles. The Bertz CT molecular complexity index is 469. The maximum atomic E-state index is 12.2. The minimum absolute atomic E-state index is 0.103. The Morgan fingerprint density at radius 1 is 1.48 bits per heavy atom. The van der Waals surface area contributed by atoms with Gasteiger partial charge in [0, 0.05) is 25.1 Å². The van der Waals surface area contributed by atoms with Gasteiger partial charge in [0.15, 0.2) is 0 Å². The fourth-order valence-corrected chi connectivity index (χ4v) is 3.04. The van der Waals surface area contributed by atoms with Crippen LogP contribution in [0.5, 0.6) is 0 Å². The predicted octanol–water partition coefficient (Wildman–Crippen LogP) is 2.80. The van der Waals surface area contributed by atoms with Gasteiger partial charge in [0.05, 0.1) is 5.69 Å². The molecule has 0 aromatic carbocycles. The van der Waals surface area contributed by atoms with Crippen molar-refractivity contribution in [2.45, 2.75) is 65.0 Å². The quantitative estimate of drug-likeness (QED) is 0.877. The molecule has 1 aliphatic heterocycles. The van der Waals surface area contributed by atoms with Gasteiger partial charge in [0.2, 0.25) is 5.91 Å². The van der Waals surface area contributed by atoms with Crippen LogP contribution in [-0.4, -0.2) is 40.2 Å². The number of amides is 1. The number of hydrogen-bond acceptors (Lipinski definition) is 3. The van der Waals surface area contributed by atoms with Crippen LogP contribution in [0.4, 0.5) is 5.82 Å². The zero-order chi connectivity index (χ0) is 15.2. The molecule has 1 aliphatic rings. The van der Waals surface area contributed by atoms with E-state index >= 15 is 0 Å². The number of carbonyl (C=O) groups excluding carboxylic acids is 1. The van der Waals surface area contributed by atoms with Crippen molar-refractivity contribution >= 4 is 11.7 Å². The van der Waals surface area contributed by atoms with Gasteiger partial charge in [-0.25, -0.2) is 4.68 Å². The second-order valence-corrected chi connectivity index (χ2v) is 6.11. The molecular weight excluding hydrogens is 264 g/mol. The molecular formula is C16H28N4O. The van der Waals surface area contributed by atoms with Crippen molar-refractivity contribution < 1.29 is 4.79 Å². The molecule has 1 unspecified atom stereocenters. The van der Waals surface area contributed by atoms with E-state index in [4.69, 9.17) is 0 Å². The Kier molecular flexibility index (Phi) is 5.79. The van der Waals surface area contributed by atoms with Crippen LogP contribution in [0.2, 0.25) is 0 Å². The molecule has 1 aromatic rings. The molecule has 21 heavy (non-hydrogen) atoms. The Morgan fingerprint density at radius 3 is 3.00 bits per heavy atom. The first kappa shape index (κ1) is 16.0. The Balaban J connectivity index is 1.84. The second kappa shape index (κ2) is 7.59. The lowest BCUT2D eigenvalue weighted by molar-refractivity contribution is -0.116. The second-order valence-electron chi connectivity index (χ2n) is 6.11. The summed E-state index contributed by atoms with van der Waals surface area (Å²) in [5, 5.41) is 7.42. The smallest absolute Gasteiger partial charge is 0.225 e. The molecule has 2 rings (SSSR count). The molecule has 0 spiro atoms. The SMILES string of the molecule is CCCn1nc(C)cc1NC(=O)CCC1CCCCN1C. The summed E-state index contributed by atoms with van der Waals surface area (Å²) < 4.78 is 1.89. The number of rotatable bonds is 6. The third-order valence-electron chi connectivity index (χ3n) is 4.23. The molecule has 1 N–H and O–H groups in total. The van der Waals surface area contributed by atoms with Gasteiger partial charge < -0.3 is 10.2 Å². The lowest BCUT2D eigenvalue weighted by Gasteiger charge is -2.32. The summed E-state index contributed by atoms with van der Waals surface area (Å²) in [5.41, 5.74) is 0.950. The first-order valence-corrected chi connectivity index (χ1v) is 8.14. The van der Waals surface area contributed by atoms with Crippen molar-refractivity contribution in [3.8, 4) is 0 Å². The third kappa shape index (κ3) is 4.56. The highest BCUT2D eigenvalue weighted by atomic mass is 16.1. The molecule has 2 heterocycles. The van der Waals surface area contributed by atoms with E-state index in [0.717, 1.165) is 37.4 Å². The first-order chi connectivity index (χ1) is 10.1. The van der Waals surface area contributed by atoms with E-state index in [1.807, 2.05) is 17.7 Å². The summed E-state index contributed by atoms with van der Waals surface area (Å²) >= 11 is 0. The van der Waals surface area contributed by atoms with E-state index in [1.54, 1.807) is 0 Å². The van der Waals surface area contributed by atoms with E-state index in [-0.39, 0.29) is 5.91 Å². The maximum absolute atomic E-state index is 12.2. The summed E-state index contributed by atoms with van der Waals surface area (Å²) in [7, 11) is 2.17. The normalized spacial score (nSPS) is 19.7. The van der Waals surface area contributed by atoms with Gasteiger partial charge in [-0.05, 0) is 46.2 Å². The maximum Gasteiger partial charge on any atom is 0.225 e. The third-order valence-corrected chi connectivity index (χ3v) is 4.23. The number of anilines is 1. The molecule has 0 saturated carbocycles. The topological polar surface area (TPSA) is 50.2 Å². The highest BCUT2D eigenvalue weighted by molar-refractivity contribution is 5.89. The Labute approximate surface area is 127 Å². The van der Waals surface area contributed by atoms with Crippen molar-refractivity contribution in [3.63, 3.8) is 0 Å². The van der Waals surface area contributed by atoms with Crippen molar-refractivity contribution in [3.05, 3.63) is 11.8 Å². The summed E-state index contributed by atoms with van der Waals surface area (Å²) in [6, 6.07) is 2.51. The molecule has 0 radical (unpaired) electrons. The van der Waals surface area contributed by atoms with Crippen LogP contribution < -0.4 is 5.32 Å². The number of hydrogen-bond donors (Lipinski definition) is 1. The van der Waals surface area contributed by atoms with Crippen LogP contribution in [0.3, 0.4) is 0 Å². The van der Waals surface area contributed by atoms with Gasteiger partial charge in [-0.1, -0.05) is 13.3 Å². The van der Waals surface area contributed by atoms with Crippen LogP contribution in [0.25, 0.3) is 0 Å². The number of aromatic nitrogens is 2. The molecule has 118 valence electrons. The fraction of sp³-hybridized carbons (Fsp3) is 0.750. The van der Waals surface area contributed by atoms with E-state index in [1.165, 1.54) is 19.3 Å². The minimum atomic E-state index is 0.103. The number of nitrogens with zero attached hydrogens (tertiary/aromatic N) is 3. The van der Waals surface area contributed by atoms with Gasteiger partial charge in [-0.15, -0.1) is 0 Å². The fourth-order valence-electron chi connectivity index (χ4n) is 3.04. The highest BCUT2D eigenvalue weighted by Gasteiger charge is 2.19. The van der Waals surface area contributed by atoms with Crippen LogP contribution in [0.1, 0.15) is 51.1 Å². The van der Waals surface area contributed by atoms with Gasteiger partial charge in [0.25, 0.3) is 0 Å². The molecule has 0 aliphatic carbocycles. The Hall–Kier alpha value is -1.36. The van der Waals surface area contributed by atoms with Gasteiger partial charge >= 0.3 is 0 Å². The van der Waals surface area contributed by atoms with E-state index in [2.05, 4.69) is 29.3 Å². The molecule has 5 nitrogen and oxygen atoms in total. The number of nitrogens with one attached hydrogen (secondary N) is 1. The van der Waals surface area contributed by atoms with Crippen molar-refractivity contribution in [2.24, 2.45) is 0 Å². The predicted molar refractivity (Wildman–Crippen MR) is 85.4 cm³/mol. The van der Waals surface area contributed by atoms with Crippen LogP contribution >= 0.6 is 0 Å². The summed E-state index contributed by atoms with van der Waals surface area (Å²) in [6.07, 6.45) is 6.34. The van der Waals surface area contributed by atoms with Crippen LogP contribution in [0, 0.1) is 6.92 Å². The Morgan fingerprint density at radius 2 is 2.29 bits per heavy atom. The van der Waals surface area contributed by atoms with Crippen LogP contribution in [0.15, 0.2) is 6.07 Å². The van der Waals surface area contributed by atoms with Crippen molar-refractivity contribution in [2.75, 3.05) is 18.9 Å². The van der Waals surface area contributed by atoms with Crippen molar-refractivity contribution in [1.82, 2.24) is 14.7 Å². The lowest BCUT2D eigenvalue weighted by Crippen LogP contribution is -2.36. The van der Waals surface area contributed by atoms with E-state index < -0.39 is 0 Å². The number of likely N-dealkylation sites (tertiary alicyclic amines) is 1. The number of carbonyl (C=O) groups is 1. The van der Waals surface area contributed by atoms with Gasteiger partial charge in [-0.3, -0.25) is 4.79 Å². The molecule has 1 aromatic heterocycles. The van der Waals surface area contributed by atoms with E-state index in [9.17, 15) is 4.79 Å². The average Bonchev–Trinajstić information content (AvgIpc) is 2.78. The summed E-state index contributed by atoms with van der Waals surface area (Å²) in [6.45, 7) is 6.07. The van der Waals surface area contributed by atoms with E-state index in [0.29, 0.717) is 12.5 Å². The summed E-state index contributed by atoms with van der Waals surface area (Å²) in [5.74, 6) is 0.933. The average molecular weight is 292 g/mol. The largest absolute Gasteiger partial charge is 0.311 e. The molecule has 1 fully saturated rings. The highest BCUT2D eigenvalue weighted by Crippen LogP contribution is 2.19.